The molecule has 1 aromatic rings. The second kappa shape index (κ2) is 4.46. The van der Waals surface area contributed by atoms with Gasteiger partial charge in [-0.2, -0.15) is 13.2 Å². The summed E-state index contributed by atoms with van der Waals surface area (Å²) in [6.07, 6.45) is -4.29. The fourth-order valence-electron chi connectivity index (χ4n) is 1.22. The molecule has 0 unspecified atom stereocenters. The quantitative estimate of drug-likeness (QED) is 0.801. The topological polar surface area (TPSA) is 26.0 Å². The maximum atomic E-state index is 12.0. The first-order valence-electron chi connectivity index (χ1n) is 4.36. The molecule has 0 aliphatic rings. The van der Waals surface area contributed by atoms with Crippen LogP contribution in [-0.2, 0) is 12.8 Å². The molecule has 0 aromatic heterocycles. The van der Waals surface area contributed by atoms with Gasteiger partial charge in [-0.3, -0.25) is 0 Å². The van der Waals surface area contributed by atoms with Crippen molar-refractivity contribution in [1.82, 2.24) is 0 Å². The van der Waals surface area contributed by atoms with E-state index in [4.69, 9.17) is 5.73 Å². The average molecular weight is 203 g/mol. The van der Waals surface area contributed by atoms with Gasteiger partial charge >= 0.3 is 6.18 Å². The number of hydrogen-bond acceptors (Lipinski definition) is 1. The van der Waals surface area contributed by atoms with Crippen LogP contribution in [-0.4, -0.2) is 12.7 Å². The first kappa shape index (κ1) is 11.0. The molecule has 0 atom stereocenters. The van der Waals surface area contributed by atoms with E-state index in [0.717, 1.165) is 5.56 Å². The molecule has 1 aromatic carbocycles. The van der Waals surface area contributed by atoms with E-state index in [1.54, 1.807) is 12.1 Å². The summed E-state index contributed by atoms with van der Waals surface area (Å²) < 4.78 is 35.9. The monoisotopic (exact) mass is 203 g/mol. The summed E-state index contributed by atoms with van der Waals surface area (Å²) in [5.74, 6) is 0. The van der Waals surface area contributed by atoms with E-state index in [1.807, 2.05) is 0 Å². The summed E-state index contributed by atoms with van der Waals surface area (Å²) >= 11 is 0. The normalized spacial score (nSPS) is 11.7. The van der Waals surface area contributed by atoms with Crippen molar-refractivity contribution in [2.45, 2.75) is 19.0 Å². The Balaban J connectivity index is 2.64. The molecule has 0 radical (unpaired) electrons. The van der Waals surface area contributed by atoms with Gasteiger partial charge in [-0.05, 0) is 24.1 Å². The molecule has 4 heteroatoms. The first-order chi connectivity index (χ1) is 6.51. The molecule has 0 aliphatic heterocycles. The Bertz CT molecular complexity index is 276. The highest BCUT2D eigenvalue weighted by atomic mass is 19.4. The third-order valence-corrected chi connectivity index (χ3v) is 1.86. The molecule has 0 heterocycles. The molecular formula is C10H12F3N. The predicted octanol–water partition coefficient (Wildman–Crippen LogP) is 2.29. The van der Waals surface area contributed by atoms with E-state index in [9.17, 15) is 13.2 Å². The van der Waals surface area contributed by atoms with Gasteiger partial charge in [0, 0.05) is 0 Å². The molecule has 0 amide bonds. The zero-order chi connectivity index (χ0) is 10.6. The van der Waals surface area contributed by atoms with Crippen LogP contribution in [0.15, 0.2) is 24.3 Å². The number of benzene rings is 1. The predicted molar refractivity (Wildman–Crippen MR) is 49.0 cm³/mol. The lowest BCUT2D eigenvalue weighted by Gasteiger charge is -2.06. The van der Waals surface area contributed by atoms with E-state index >= 15 is 0 Å². The summed E-state index contributed by atoms with van der Waals surface area (Å²) in [5.41, 5.74) is 6.58. The van der Waals surface area contributed by atoms with Crippen LogP contribution in [0.5, 0.6) is 0 Å². The van der Waals surface area contributed by atoms with Crippen molar-refractivity contribution in [2.24, 2.45) is 5.73 Å². The number of hydrogen-bond donors (Lipinski definition) is 1. The lowest BCUT2D eigenvalue weighted by molar-refractivity contribution is -0.127. The molecule has 0 bridgehead atoms. The lowest BCUT2D eigenvalue weighted by Crippen LogP contribution is -2.11. The van der Waals surface area contributed by atoms with Gasteiger partial charge in [-0.15, -0.1) is 0 Å². The second-order valence-corrected chi connectivity index (χ2v) is 3.15. The van der Waals surface area contributed by atoms with Gasteiger partial charge in [0.25, 0.3) is 0 Å². The van der Waals surface area contributed by atoms with E-state index in [1.165, 1.54) is 12.1 Å². The fourth-order valence-corrected chi connectivity index (χ4v) is 1.22. The fraction of sp³-hybridized carbons (Fsp3) is 0.400. The Kier molecular flexibility index (Phi) is 3.52. The third kappa shape index (κ3) is 3.79. The Morgan fingerprint density at radius 2 is 1.50 bits per heavy atom. The Labute approximate surface area is 80.7 Å². The van der Waals surface area contributed by atoms with Gasteiger partial charge in [0.1, 0.15) is 0 Å². The molecule has 1 rings (SSSR count). The SMILES string of the molecule is NCCc1ccc(CC(F)(F)F)cc1. The summed E-state index contributed by atoms with van der Waals surface area (Å²) in [6.45, 7) is 0.513. The van der Waals surface area contributed by atoms with E-state index < -0.39 is 12.6 Å². The largest absolute Gasteiger partial charge is 0.393 e. The van der Waals surface area contributed by atoms with E-state index in [0.29, 0.717) is 18.5 Å². The minimum absolute atomic E-state index is 0.290. The van der Waals surface area contributed by atoms with Crippen LogP contribution in [0.2, 0.25) is 0 Å². The molecule has 0 saturated carbocycles. The van der Waals surface area contributed by atoms with Crippen LogP contribution in [0.3, 0.4) is 0 Å². The highest BCUT2D eigenvalue weighted by Gasteiger charge is 2.27. The minimum Gasteiger partial charge on any atom is -0.330 e. The van der Waals surface area contributed by atoms with Crippen LogP contribution in [0.25, 0.3) is 0 Å². The number of rotatable bonds is 3. The second-order valence-electron chi connectivity index (χ2n) is 3.15. The summed E-state index contributed by atoms with van der Waals surface area (Å²) in [7, 11) is 0. The van der Waals surface area contributed by atoms with Gasteiger partial charge in [0.2, 0.25) is 0 Å². The Morgan fingerprint density at radius 3 is 1.93 bits per heavy atom. The smallest absolute Gasteiger partial charge is 0.330 e. The van der Waals surface area contributed by atoms with Gasteiger partial charge in [-0.25, -0.2) is 0 Å². The molecule has 0 fully saturated rings. The third-order valence-electron chi connectivity index (χ3n) is 1.86. The van der Waals surface area contributed by atoms with Gasteiger partial charge in [0.05, 0.1) is 6.42 Å². The molecule has 0 aliphatic carbocycles. The maximum absolute atomic E-state index is 12.0. The maximum Gasteiger partial charge on any atom is 0.393 e. The first-order valence-corrected chi connectivity index (χ1v) is 4.36. The van der Waals surface area contributed by atoms with Crippen LogP contribution in [0.1, 0.15) is 11.1 Å². The molecule has 78 valence electrons. The lowest BCUT2D eigenvalue weighted by atomic mass is 10.1. The highest BCUT2D eigenvalue weighted by Crippen LogP contribution is 2.21. The molecular weight excluding hydrogens is 191 g/mol. The van der Waals surface area contributed by atoms with Crippen molar-refractivity contribution in [3.8, 4) is 0 Å². The van der Waals surface area contributed by atoms with Crippen molar-refractivity contribution in [2.75, 3.05) is 6.54 Å². The molecule has 2 N–H and O–H groups in total. The Hall–Kier alpha value is -1.03. The van der Waals surface area contributed by atoms with Crippen molar-refractivity contribution >= 4 is 0 Å². The average Bonchev–Trinajstić information content (AvgIpc) is 2.06. The van der Waals surface area contributed by atoms with Crippen molar-refractivity contribution in [3.05, 3.63) is 35.4 Å². The minimum atomic E-state index is -4.13. The van der Waals surface area contributed by atoms with E-state index in [-0.39, 0.29) is 0 Å². The highest BCUT2D eigenvalue weighted by molar-refractivity contribution is 5.23. The van der Waals surface area contributed by atoms with Crippen molar-refractivity contribution in [1.29, 1.82) is 0 Å². The van der Waals surface area contributed by atoms with Crippen LogP contribution >= 0.6 is 0 Å². The molecule has 0 saturated heterocycles. The summed E-state index contributed by atoms with van der Waals surface area (Å²) in [5, 5.41) is 0. The van der Waals surface area contributed by atoms with Gasteiger partial charge < -0.3 is 5.73 Å². The van der Waals surface area contributed by atoms with E-state index in [2.05, 4.69) is 0 Å². The molecule has 0 spiro atoms. The summed E-state index contributed by atoms with van der Waals surface area (Å²) in [4.78, 5) is 0. The van der Waals surface area contributed by atoms with Gasteiger partial charge in [-0.1, -0.05) is 24.3 Å². The van der Waals surface area contributed by atoms with Gasteiger partial charge in [0.15, 0.2) is 0 Å². The zero-order valence-electron chi connectivity index (χ0n) is 7.64. The number of halogens is 3. The summed E-state index contributed by atoms with van der Waals surface area (Å²) in [6, 6.07) is 6.37. The molecule has 14 heavy (non-hydrogen) atoms. The molecule has 1 nitrogen and oxygen atoms in total. The van der Waals surface area contributed by atoms with Crippen molar-refractivity contribution < 1.29 is 13.2 Å². The zero-order valence-corrected chi connectivity index (χ0v) is 7.64. The Morgan fingerprint density at radius 1 is 1.00 bits per heavy atom. The standard InChI is InChI=1S/C10H12F3N/c11-10(12,13)7-9-3-1-8(2-4-9)5-6-14/h1-4H,5-7,14H2. The number of nitrogens with two attached hydrogens (primary N) is 1. The van der Waals surface area contributed by atoms with Crippen LogP contribution in [0.4, 0.5) is 13.2 Å². The van der Waals surface area contributed by atoms with Crippen molar-refractivity contribution in [3.63, 3.8) is 0 Å². The van der Waals surface area contributed by atoms with Crippen LogP contribution in [0, 0.1) is 0 Å². The number of alkyl halides is 3. The van der Waals surface area contributed by atoms with Crippen LogP contribution < -0.4 is 5.73 Å².